The molecule has 0 N–H and O–H groups in total. The third-order valence-corrected chi connectivity index (χ3v) is 7.21. The fraction of sp³-hybridized carbons (Fsp3) is 0.684. The van der Waals surface area contributed by atoms with Gasteiger partial charge in [-0.25, -0.2) is 4.98 Å². The molecule has 1 aliphatic heterocycles. The van der Waals surface area contributed by atoms with Gasteiger partial charge in [-0.2, -0.15) is 4.98 Å². The molecule has 1 unspecified atom stereocenters. The van der Waals surface area contributed by atoms with E-state index >= 15 is 0 Å². The fourth-order valence-corrected chi connectivity index (χ4v) is 5.63. The van der Waals surface area contributed by atoms with Gasteiger partial charge < -0.3 is 9.80 Å². The van der Waals surface area contributed by atoms with Gasteiger partial charge in [0.25, 0.3) is 0 Å². The van der Waals surface area contributed by atoms with E-state index in [0.717, 1.165) is 49.2 Å². The molecule has 0 radical (unpaired) electrons. The van der Waals surface area contributed by atoms with Gasteiger partial charge in [0.15, 0.2) is 0 Å². The summed E-state index contributed by atoms with van der Waals surface area (Å²) >= 11 is 8.12. The average Bonchev–Trinajstić information content (AvgIpc) is 2.91. The van der Waals surface area contributed by atoms with Crippen molar-refractivity contribution in [1.82, 2.24) is 14.9 Å². The number of hydrogen-bond donors (Lipinski definition) is 0. The van der Waals surface area contributed by atoms with Gasteiger partial charge in [-0.05, 0) is 54.8 Å². The molecular weight excluding hydrogens is 352 g/mol. The molecule has 1 aliphatic carbocycles. The number of thiophene rings is 1. The summed E-state index contributed by atoms with van der Waals surface area (Å²) in [5, 5.41) is 1.66. The molecule has 4 nitrogen and oxygen atoms in total. The van der Waals surface area contributed by atoms with Crippen LogP contribution in [0.3, 0.4) is 0 Å². The van der Waals surface area contributed by atoms with E-state index in [2.05, 4.69) is 47.6 Å². The standard InChI is InChI=1S/C19H27ClN4S/c1-19(2,3)12-5-6-13-14(11-12)25-17-15(13)16(21-18(20)22-17)24-9-7-23(4)8-10-24/h12H,5-11H2,1-4H3. The zero-order valence-electron chi connectivity index (χ0n) is 15.6. The number of piperazine rings is 1. The molecular formula is C19H27ClN4S. The first kappa shape index (κ1) is 17.5. The van der Waals surface area contributed by atoms with Gasteiger partial charge in [0, 0.05) is 31.1 Å². The minimum absolute atomic E-state index is 0.359. The van der Waals surface area contributed by atoms with E-state index in [1.165, 1.54) is 28.7 Å². The highest BCUT2D eigenvalue weighted by Crippen LogP contribution is 2.45. The quantitative estimate of drug-likeness (QED) is 0.694. The summed E-state index contributed by atoms with van der Waals surface area (Å²) < 4.78 is 0. The molecule has 3 heterocycles. The Hall–Kier alpha value is -0.910. The number of fused-ring (bicyclic) bond motifs is 3. The van der Waals surface area contributed by atoms with Crippen molar-refractivity contribution in [1.29, 1.82) is 0 Å². The van der Waals surface area contributed by atoms with Crippen LogP contribution in [0.25, 0.3) is 10.2 Å². The summed E-state index contributed by atoms with van der Waals surface area (Å²) in [5.74, 6) is 1.80. The number of likely N-dealkylation sites (N-methyl/N-ethyl adjacent to an activating group) is 1. The van der Waals surface area contributed by atoms with Crippen molar-refractivity contribution in [2.45, 2.75) is 40.0 Å². The summed E-state index contributed by atoms with van der Waals surface area (Å²) in [6.07, 6.45) is 3.57. The second kappa shape index (κ2) is 6.36. The molecule has 1 atom stereocenters. The maximum absolute atomic E-state index is 6.28. The zero-order chi connectivity index (χ0) is 17.8. The van der Waals surface area contributed by atoms with Gasteiger partial charge in [-0.3, -0.25) is 0 Å². The number of aryl methyl sites for hydroxylation is 1. The molecule has 6 heteroatoms. The van der Waals surface area contributed by atoms with Crippen LogP contribution >= 0.6 is 22.9 Å². The Kier molecular flexibility index (Phi) is 4.45. The van der Waals surface area contributed by atoms with Crippen molar-refractivity contribution in [3.05, 3.63) is 15.7 Å². The van der Waals surface area contributed by atoms with E-state index < -0.39 is 0 Å². The first-order valence-corrected chi connectivity index (χ1v) is 10.4. The lowest BCUT2D eigenvalue weighted by Gasteiger charge is -2.35. The summed E-state index contributed by atoms with van der Waals surface area (Å²) in [7, 11) is 2.18. The Morgan fingerprint density at radius 1 is 1.12 bits per heavy atom. The van der Waals surface area contributed by atoms with Crippen LogP contribution in [-0.4, -0.2) is 48.1 Å². The number of hydrogen-bond acceptors (Lipinski definition) is 5. The van der Waals surface area contributed by atoms with Crippen molar-refractivity contribution >= 4 is 39.0 Å². The van der Waals surface area contributed by atoms with Crippen LogP contribution in [0.1, 0.15) is 37.6 Å². The second-order valence-electron chi connectivity index (χ2n) is 8.60. The monoisotopic (exact) mass is 378 g/mol. The van der Waals surface area contributed by atoms with Gasteiger partial charge in [0.05, 0.1) is 5.39 Å². The summed E-state index contributed by atoms with van der Waals surface area (Å²) in [6.45, 7) is 11.2. The van der Waals surface area contributed by atoms with Crippen LogP contribution in [0.15, 0.2) is 0 Å². The normalized spacial score (nSPS) is 22.4. The number of aromatic nitrogens is 2. The first-order valence-electron chi connectivity index (χ1n) is 9.24. The Morgan fingerprint density at radius 3 is 2.52 bits per heavy atom. The maximum atomic E-state index is 6.28. The Bertz CT molecular complexity index is 787. The summed E-state index contributed by atoms with van der Waals surface area (Å²) in [5.41, 5.74) is 1.85. The fourth-order valence-electron chi connectivity index (χ4n) is 4.12. The van der Waals surface area contributed by atoms with E-state index in [9.17, 15) is 0 Å². The molecule has 25 heavy (non-hydrogen) atoms. The highest BCUT2D eigenvalue weighted by molar-refractivity contribution is 7.19. The van der Waals surface area contributed by atoms with Crippen LogP contribution < -0.4 is 4.90 Å². The maximum Gasteiger partial charge on any atom is 0.225 e. The predicted octanol–water partition coefficient (Wildman–Crippen LogP) is 4.25. The van der Waals surface area contributed by atoms with Crippen LogP contribution in [0, 0.1) is 11.3 Å². The van der Waals surface area contributed by atoms with Crippen LogP contribution in [0.5, 0.6) is 0 Å². The molecule has 2 aromatic heterocycles. The Morgan fingerprint density at radius 2 is 1.84 bits per heavy atom. The van der Waals surface area contributed by atoms with Gasteiger partial charge in [0.2, 0.25) is 5.28 Å². The third-order valence-electron chi connectivity index (χ3n) is 5.89. The van der Waals surface area contributed by atoms with E-state index in [1.807, 2.05) is 11.3 Å². The average molecular weight is 379 g/mol. The van der Waals surface area contributed by atoms with Gasteiger partial charge in [-0.15, -0.1) is 11.3 Å². The Balaban J connectivity index is 1.77. The molecule has 2 aromatic rings. The zero-order valence-corrected chi connectivity index (χ0v) is 17.2. The highest BCUT2D eigenvalue weighted by Gasteiger charge is 2.32. The molecule has 0 amide bonds. The largest absolute Gasteiger partial charge is 0.353 e. The lowest BCUT2D eigenvalue weighted by atomic mass is 9.72. The smallest absolute Gasteiger partial charge is 0.225 e. The molecule has 1 fully saturated rings. The van der Waals surface area contributed by atoms with Crippen molar-refractivity contribution in [3.63, 3.8) is 0 Å². The predicted molar refractivity (Wildman–Crippen MR) is 107 cm³/mol. The first-order chi connectivity index (χ1) is 11.8. The SMILES string of the molecule is CN1CCN(c2nc(Cl)nc3sc4c(c23)CCC(C(C)(C)C)C4)CC1. The lowest BCUT2D eigenvalue weighted by molar-refractivity contribution is 0.218. The second-order valence-corrected chi connectivity index (χ2v) is 10.0. The molecule has 4 rings (SSSR count). The van der Waals surface area contributed by atoms with Crippen LogP contribution in [0.4, 0.5) is 5.82 Å². The number of halogens is 1. The van der Waals surface area contributed by atoms with Crippen LogP contribution in [0.2, 0.25) is 5.28 Å². The molecule has 136 valence electrons. The van der Waals surface area contributed by atoms with Crippen molar-refractivity contribution in [3.8, 4) is 0 Å². The van der Waals surface area contributed by atoms with Gasteiger partial charge >= 0.3 is 0 Å². The molecule has 0 aromatic carbocycles. The summed E-state index contributed by atoms with van der Waals surface area (Å²) in [4.78, 5) is 16.6. The number of rotatable bonds is 1. The topological polar surface area (TPSA) is 32.3 Å². The minimum atomic E-state index is 0.359. The number of anilines is 1. The van der Waals surface area contributed by atoms with Crippen molar-refractivity contribution in [2.24, 2.45) is 11.3 Å². The molecule has 1 saturated heterocycles. The third kappa shape index (κ3) is 3.26. The lowest BCUT2D eigenvalue weighted by Crippen LogP contribution is -2.45. The van der Waals surface area contributed by atoms with Gasteiger partial charge in [-0.1, -0.05) is 20.8 Å². The van der Waals surface area contributed by atoms with E-state index in [1.54, 1.807) is 0 Å². The van der Waals surface area contributed by atoms with E-state index in [-0.39, 0.29) is 0 Å². The molecule has 2 aliphatic rings. The van der Waals surface area contributed by atoms with E-state index in [4.69, 9.17) is 11.6 Å². The minimum Gasteiger partial charge on any atom is -0.353 e. The number of nitrogens with zero attached hydrogens (tertiary/aromatic N) is 4. The molecule has 0 bridgehead atoms. The van der Waals surface area contributed by atoms with E-state index in [0.29, 0.717) is 10.7 Å². The summed E-state index contributed by atoms with van der Waals surface area (Å²) in [6, 6.07) is 0. The van der Waals surface area contributed by atoms with Gasteiger partial charge in [0.1, 0.15) is 10.6 Å². The van der Waals surface area contributed by atoms with Crippen LogP contribution in [-0.2, 0) is 12.8 Å². The molecule has 0 spiro atoms. The van der Waals surface area contributed by atoms with Crippen molar-refractivity contribution in [2.75, 3.05) is 38.1 Å². The highest BCUT2D eigenvalue weighted by atomic mass is 35.5. The molecule has 0 saturated carbocycles. The van der Waals surface area contributed by atoms with Crippen molar-refractivity contribution < 1.29 is 0 Å². The Labute approximate surface area is 159 Å².